The summed E-state index contributed by atoms with van der Waals surface area (Å²) in [6.07, 6.45) is 0.716. The number of amides is 1. The number of hydrogen-bond acceptors (Lipinski definition) is 4. The Hall–Kier alpha value is -1.99. The van der Waals surface area contributed by atoms with Crippen molar-refractivity contribution >= 4 is 18.3 Å². The van der Waals surface area contributed by atoms with E-state index in [1.807, 2.05) is 0 Å². The van der Waals surface area contributed by atoms with Gasteiger partial charge in [-0.05, 0) is 37.6 Å². The maximum absolute atomic E-state index is 13.5. The molecule has 2 atom stereocenters. The van der Waals surface area contributed by atoms with E-state index in [0.29, 0.717) is 24.3 Å². The smallest absolute Gasteiger partial charge is 0.273 e. The summed E-state index contributed by atoms with van der Waals surface area (Å²) in [5, 5.41) is 9.77. The molecule has 2 unspecified atom stereocenters. The third kappa shape index (κ3) is 3.91. The largest absolute Gasteiger partial charge is 0.361 e. The first-order valence-electron chi connectivity index (χ1n) is 7.44. The van der Waals surface area contributed by atoms with Crippen molar-refractivity contribution < 1.29 is 18.1 Å². The number of benzene rings is 1. The highest BCUT2D eigenvalue weighted by Crippen LogP contribution is 2.27. The molecule has 0 spiro atoms. The van der Waals surface area contributed by atoms with Gasteiger partial charge in [0.15, 0.2) is 17.3 Å². The number of hydrogen-bond donors (Lipinski definition) is 2. The molecule has 0 aliphatic carbocycles. The van der Waals surface area contributed by atoms with Crippen LogP contribution in [0.5, 0.6) is 0 Å². The maximum atomic E-state index is 13.5. The zero-order chi connectivity index (χ0) is 16.4. The molecule has 0 bridgehead atoms. The van der Waals surface area contributed by atoms with Gasteiger partial charge in [-0.25, -0.2) is 8.78 Å². The molecule has 1 fully saturated rings. The van der Waals surface area contributed by atoms with Gasteiger partial charge in [-0.15, -0.1) is 12.4 Å². The molecule has 3 rings (SSSR count). The average molecular weight is 358 g/mol. The molecular weight excluding hydrogens is 340 g/mol. The Kier molecular flexibility index (Phi) is 5.90. The molecule has 2 N–H and O–H groups in total. The van der Waals surface area contributed by atoms with Gasteiger partial charge in [0.05, 0.1) is 0 Å². The molecule has 1 aliphatic rings. The summed E-state index contributed by atoms with van der Waals surface area (Å²) < 4.78 is 31.5. The van der Waals surface area contributed by atoms with E-state index >= 15 is 0 Å². The fraction of sp³-hybridized carbons (Fsp3) is 0.375. The number of carbonyl (C=O) groups is 1. The van der Waals surface area contributed by atoms with Gasteiger partial charge in [-0.1, -0.05) is 11.2 Å². The standard InChI is InChI=1S/C16H17F2N3O2.ClH/c1-9-6-14(21-23-9)16(22)20-15-8-19-5-4-11(15)10-2-3-12(17)13(18)7-10;/h2-3,6-7,11,15,19H,4-5,8H2,1H3,(H,20,22);1H. The molecule has 0 saturated carbocycles. The Labute approximate surface area is 144 Å². The summed E-state index contributed by atoms with van der Waals surface area (Å²) in [5.41, 5.74) is 0.879. The minimum Gasteiger partial charge on any atom is -0.361 e. The fourth-order valence-electron chi connectivity index (χ4n) is 2.87. The highest BCUT2D eigenvalue weighted by atomic mass is 35.5. The maximum Gasteiger partial charge on any atom is 0.273 e. The zero-order valence-electron chi connectivity index (χ0n) is 13.0. The third-order valence-electron chi connectivity index (χ3n) is 4.03. The van der Waals surface area contributed by atoms with Gasteiger partial charge in [0.2, 0.25) is 0 Å². The van der Waals surface area contributed by atoms with Crippen LogP contribution in [0.4, 0.5) is 8.78 Å². The molecule has 2 heterocycles. The first-order chi connectivity index (χ1) is 11.0. The molecule has 1 aliphatic heterocycles. The van der Waals surface area contributed by atoms with Gasteiger partial charge in [-0.2, -0.15) is 0 Å². The highest BCUT2D eigenvalue weighted by molar-refractivity contribution is 5.92. The summed E-state index contributed by atoms with van der Waals surface area (Å²) in [7, 11) is 0. The van der Waals surface area contributed by atoms with E-state index in [-0.39, 0.29) is 36.0 Å². The van der Waals surface area contributed by atoms with Crippen LogP contribution in [0.1, 0.15) is 34.2 Å². The van der Waals surface area contributed by atoms with Crippen LogP contribution < -0.4 is 10.6 Å². The number of halogens is 3. The number of nitrogens with zero attached hydrogens (tertiary/aromatic N) is 1. The zero-order valence-corrected chi connectivity index (χ0v) is 13.8. The van der Waals surface area contributed by atoms with Gasteiger partial charge in [0.25, 0.3) is 5.91 Å². The Morgan fingerprint density at radius 2 is 2.12 bits per heavy atom. The lowest BCUT2D eigenvalue weighted by Gasteiger charge is -2.33. The lowest BCUT2D eigenvalue weighted by Crippen LogP contribution is -2.50. The highest BCUT2D eigenvalue weighted by Gasteiger charge is 2.29. The van der Waals surface area contributed by atoms with Crippen molar-refractivity contribution in [3.05, 3.63) is 52.9 Å². The number of nitrogens with one attached hydrogen (secondary N) is 2. The van der Waals surface area contributed by atoms with Crippen LogP contribution in [-0.4, -0.2) is 30.2 Å². The number of aryl methyl sites for hydroxylation is 1. The van der Waals surface area contributed by atoms with E-state index in [1.54, 1.807) is 19.1 Å². The molecule has 5 nitrogen and oxygen atoms in total. The minimum absolute atomic E-state index is 0. The van der Waals surface area contributed by atoms with E-state index in [2.05, 4.69) is 15.8 Å². The van der Waals surface area contributed by atoms with Crippen molar-refractivity contribution in [2.24, 2.45) is 0 Å². The Morgan fingerprint density at radius 3 is 2.79 bits per heavy atom. The first kappa shape index (κ1) is 18.4. The SMILES string of the molecule is Cc1cc(C(=O)NC2CNCCC2c2ccc(F)c(F)c2)no1.Cl. The molecule has 1 saturated heterocycles. The van der Waals surface area contributed by atoms with E-state index in [9.17, 15) is 13.6 Å². The Morgan fingerprint density at radius 1 is 1.33 bits per heavy atom. The van der Waals surface area contributed by atoms with E-state index in [1.165, 1.54) is 6.07 Å². The van der Waals surface area contributed by atoms with E-state index < -0.39 is 11.6 Å². The second kappa shape index (κ2) is 7.72. The molecule has 1 amide bonds. The van der Waals surface area contributed by atoms with Gasteiger partial charge in [0, 0.05) is 24.6 Å². The predicted molar refractivity (Wildman–Crippen MR) is 86.3 cm³/mol. The topological polar surface area (TPSA) is 67.2 Å². The second-order valence-corrected chi connectivity index (χ2v) is 5.68. The number of piperidine rings is 1. The molecule has 0 radical (unpaired) electrons. The molecular formula is C16H18ClF2N3O2. The van der Waals surface area contributed by atoms with Crippen molar-refractivity contribution in [2.75, 3.05) is 13.1 Å². The van der Waals surface area contributed by atoms with Gasteiger partial charge in [-0.3, -0.25) is 4.79 Å². The van der Waals surface area contributed by atoms with Crippen LogP contribution in [-0.2, 0) is 0 Å². The normalized spacial score (nSPS) is 20.3. The summed E-state index contributed by atoms with van der Waals surface area (Å²) >= 11 is 0. The first-order valence-corrected chi connectivity index (χ1v) is 7.44. The van der Waals surface area contributed by atoms with Crippen LogP contribution in [0, 0.1) is 18.6 Å². The number of carbonyl (C=O) groups excluding carboxylic acids is 1. The predicted octanol–water partition coefficient (Wildman–Crippen LogP) is 2.56. The fourth-order valence-corrected chi connectivity index (χ4v) is 2.87. The van der Waals surface area contributed by atoms with Crippen LogP contribution in [0.25, 0.3) is 0 Å². The van der Waals surface area contributed by atoms with Gasteiger partial charge < -0.3 is 15.2 Å². The quantitative estimate of drug-likeness (QED) is 0.886. The van der Waals surface area contributed by atoms with Crippen molar-refractivity contribution in [3.63, 3.8) is 0 Å². The lowest BCUT2D eigenvalue weighted by molar-refractivity contribution is 0.0915. The van der Waals surface area contributed by atoms with Crippen LogP contribution in [0.3, 0.4) is 0 Å². The van der Waals surface area contributed by atoms with Gasteiger partial charge in [0.1, 0.15) is 5.76 Å². The van der Waals surface area contributed by atoms with Crippen LogP contribution in [0.15, 0.2) is 28.8 Å². The summed E-state index contributed by atoms with van der Waals surface area (Å²) in [5.74, 6) is -1.64. The minimum atomic E-state index is -0.877. The third-order valence-corrected chi connectivity index (χ3v) is 4.03. The molecule has 2 aromatic rings. The molecule has 1 aromatic heterocycles. The van der Waals surface area contributed by atoms with Crippen molar-refractivity contribution in [2.45, 2.75) is 25.3 Å². The monoisotopic (exact) mass is 357 g/mol. The summed E-state index contributed by atoms with van der Waals surface area (Å²) in [6.45, 7) is 3.00. The van der Waals surface area contributed by atoms with E-state index in [0.717, 1.165) is 12.6 Å². The summed E-state index contributed by atoms with van der Waals surface area (Å²) in [6, 6.07) is 5.20. The number of rotatable bonds is 3. The van der Waals surface area contributed by atoms with Crippen molar-refractivity contribution in [3.8, 4) is 0 Å². The number of aromatic nitrogens is 1. The average Bonchev–Trinajstić information content (AvgIpc) is 2.97. The molecule has 130 valence electrons. The second-order valence-electron chi connectivity index (χ2n) is 5.68. The lowest BCUT2D eigenvalue weighted by atomic mass is 9.86. The van der Waals surface area contributed by atoms with Crippen LogP contribution >= 0.6 is 12.4 Å². The van der Waals surface area contributed by atoms with Crippen molar-refractivity contribution in [1.29, 1.82) is 0 Å². The Bertz CT molecular complexity index is 723. The van der Waals surface area contributed by atoms with E-state index in [4.69, 9.17) is 4.52 Å². The molecule has 8 heteroatoms. The van der Waals surface area contributed by atoms with Crippen LogP contribution in [0.2, 0.25) is 0 Å². The summed E-state index contributed by atoms with van der Waals surface area (Å²) in [4.78, 5) is 12.2. The Balaban J connectivity index is 0.00000208. The van der Waals surface area contributed by atoms with Crippen molar-refractivity contribution in [1.82, 2.24) is 15.8 Å². The molecule has 1 aromatic carbocycles. The van der Waals surface area contributed by atoms with Gasteiger partial charge >= 0.3 is 0 Å². The molecule has 24 heavy (non-hydrogen) atoms.